The third-order valence-electron chi connectivity index (χ3n) is 3.48. The number of nitrogens with zero attached hydrogens (tertiary/aromatic N) is 1. The summed E-state index contributed by atoms with van der Waals surface area (Å²) in [7, 11) is 0. The molecule has 0 saturated heterocycles. The highest BCUT2D eigenvalue weighted by atomic mass is 15.1. The van der Waals surface area contributed by atoms with Crippen molar-refractivity contribution in [2.45, 2.75) is 25.3 Å². The number of hydrogen-bond acceptors (Lipinski definition) is 2. The standard InChI is InChI=1S/C13H16N2/c1-2-4-12-6-10(5-11(12)3-1)7-13-8-14-9-15-13/h1-4,9-10,13H,5-8H2,(H,14,15). The summed E-state index contributed by atoms with van der Waals surface area (Å²) in [5, 5.41) is 3.32. The fourth-order valence-electron chi connectivity index (χ4n) is 2.75. The summed E-state index contributed by atoms with van der Waals surface area (Å²) in [4.78, 5) is 4.22. The summed E-state index contributed by atoms with van der Waals surface area (Å²) < 4.78 is 0. The van der Waals surface area contributed by atoms with Gasteiger partial charge in [-0.3, -0.25) is 4.99 Å². The quantitative estimate of drug-likeness (QED) is 0.773. The number of benzene rings is 1. The zero-order valence-electron chi connectivity index (χ0n) is 8.82. The molecule has 1 aliphatic carbocycles. The first kappa shape index (κ1) is 8.96. The van der Waals surface area contributed by atoms with E-state index in [9.17, 15) is 0 Å². The molecule has 0 fully saturated rings. The Bertz CT molecular complexity index is 351. The molecule has 0 bridgehead atoms. The number of hydrogen-bond donors (Lipinski definition) is 1. The monoisotopic (exact) mass is 200 g/mol. The van der Waals surface area contributed by atoms with Crippen LogP contribution in [0.1, 0.15) is 17.5 Å². The number of aliphatic imine (C=N–C) groups is 1. The first-order valence-corrected chi connectivity index (χ1v) is 5.73. The minimum Gasteiger partial charge on any atom is -0.372 e. The van der Waals surface area contributed by atoms with Gasteiger partial charge in [-0.1, -0.05) is 24.3 Å². The van der Waals surface area contributed by atoms with Crippen LogP contribution in [0.3, 0.4) is 0 Å². The van der Waals surface area contributed by atoms with Crippen molar-refractivity contribution in [2.75, 3.05) is 6.54 Å². The van der Waals surface area contributed by atoms with E-state index in [-0.39, 0.29) is 0 Å². The summed E-state index contributed by atoms with van der Waals surface area (Å²) in [5.74, 6) is 0.821. The Morgan fingerprint density at radius 2 is 1.93 bits per heavy atom. The van der Waals surface area contributed by atoms with Gasteiger partial charge in [0.1, 0.15) is 0 Å². The molecule has 1 unspecified atom stereocenters. The van der Waals surface area contributed by atoms with Crippen LogP contribution in [0.15, 0.2) is 29.3 Å². The van der Waals surface area contributed by atoms with Gasteiger partial charge in [0, 0.05) is 6.04 Å². The van der Waals surface area contributed by atoms with Crippen LogP contribution < -0.4 is 5.32 Å². The molecule has 0 saturated carbocycles. The van der Waals surface area contributed by atoms with Gasteiger partial charge in [0.05, 0.1) is 12.9 Å². The molecule has 3 rings (SSSR count). The summed E-state index contributed by atoms with van der Waals surface area (Å²) in [6, 6.07) is 9.43. The summed E-state index contributed by atoms with van der Waals surface area (Å²) in [6.07, 6.45) is 5.63. The molecule has 0 spiro atoms. The van der Waals surface area contributed by atoms with Crippen LogP contribution in [0.4, 0.5) is 0 Å². The van der Waals surface area contributed by atoms with Crippen molar-refractivity contribution in [1.82, 2.24) is 5.32 Å². The summed E-state index contributed by atoms with van der Waals surface area (Å²) in [6.45, 7) is 0.965. The highest BCUT2D eigenvalue weighted by Crippen LogP contribution is 2.29. The smallest absolute Gasteiger partial charge is 0.0827 e. The highest BCUT2D eigenvalue weighted by molar-refractivity contribution is 5.57. The third kappa shape index (κ3) is 1.76. The molecule has 15 heavy (non-hydrogen) atoms. The van der Waals surface area contributed by atoms with Crippen molar-refractivity contribution in [3.8, 4) is 0 Å². The Kier molecular flexibility index (Phi) is 2.20. The van der Waals surface area contributed by atoms with Gasteiger partial charge in [0.2, 0.25) is 0 Å². The van der Waals surface area contributed by atoms with E-state index in [1.165, 1.54) is 19.3 Å². The second-order valence-corrected chi connectivity index (χ2v) is 4.64. The Morgan fingerprint density at radius 3 is 2.53 bits per heavy atom. The highest BCUT2D eigenvalue weighted by Gasteiger charge is 2.24. The predicted octanol–water partition coefficient (Wildman–Crippen LogP) is 1.79. The lowest BCUT2D eigenvalue weighted by atomic mass is 9.97. The van der Waals surface area contributed by atoms with E-state index in [2.05, 4.69) is 34.6 Å². The third-order valence-corrected chi connectivity index (χ3v) is 3.48. The summed E-state index contributed by atoms with van der Waals surface area (Å²) >= 11 is 0. The molecule has 1 aliphatic heterocycles. The SMILES string of the molecule is C1=NCC(CC2Cc3ccccc3C2)N1. The minimum absolute atomic E-state index is 0.587. The van der Waals surface area contributed by atoms with Crippen molar-refractivity contribution in [3.63, 3.8) is 0 Å². The van der Waals surface area contributed by atoms with Gasteiger partial charge in [-0.15, -0.1) is 0 Å². The van der Waals surface area contributed by atoms with Gasteiger partial charge in [-0.25, -0.2) is 0 Å². The Morgan fingerprint density at radius 1 is 1.20 bits per heavy atom. The van der Waals surface area contributed by atoms with Crippen LogP contribution in [0.5, 0.6) is 0 Å². The zero-order chi connectivity index (χ0) is 10.1. The van der Waals surface area contributed by atoms with E-state index >= 15 is 0 Å². The van der Waals surface area contributed by atoms with Crippen molar-refractivity contribution in [2.24, 2.45) is 10.9 Å². The molecular weight excluding hydrogens is 184 g/mol. The van der Waals surface area contributed by atoms with Gasteiger partial charge in [-0.2, -0.15) is 0 Å². The molecule has 2 aliphatic rings. The Hall–Kier alpha value is -1.31. The summed E-state index contributed by atoms with van der Waals surface area (Å²) in [5.41, 5.74) is 3.11. The van der Waals surface area contributed by atoms with Crippen molar-refractivity contribution < 1.29 is 0 Å². The zero-order valence-corrected chi connectivity index (χ0v) is 8.82. The molecule has 0 aromatic heterocycles. The molecule has 2 nitrogen and oxygen atoms in total. The van der Waals surface area contributed by atoms with Gasteiger partial charge in [0.15, 0.2) is 0 Å². The lowest BCUT2D eigenvalue weighted by Gasteiger charge is -2.14. The van der Waals surface area contributed by atoms with Crippen LogP contribution in [0.25, 0.3) is 0 Å². The average Bonchev–Trinajstić information content (AvgIpc) is 2.86. The van der Waals surface area contributed by atoms with Crippen LogP contribution >= 0.6 is 0 Å². The fourth-order valence-corrected chi connectivity index (χ4v) is 2.75. The molecule has 1 aromatic carbocycles. The van der Waals surface area contributed by atoms with E-state index in [0.29, 0.717) is 6.04 Å². The normalized spacial score (nSPS) is 24.1. The van der Waals surface area contributed by atoms with E-state index in [1.807, 2.05) is 6.34 Å². The lowest BCUT2D eigenvalue weighted by molar-refractivity contribution is 0.445. The Labute approximate surface area is 90.4 Å². The molecule has 78 valence electrons. The number of nitrogens with one attached hydrogen (secondary N) is 1. The van der Waals surface area contributed by atoms with E-state index < -0.39 is 0 Å². The van der Waals surface area contributed by atoms with Gasteiger partial charge >= 0.3 is 0 Å². The van der Waals surface area contributed by atoms with Crippen LogP contribution in [0, 0.1) is 5.92 Å². The number of fused-ring (bicyclic) bond motifs is 1. The maximum atomic E-state index is 4.22. The van der Waals surface area contributed by atoms with E-state index in [0.717, 1.165) is 12.5 Å². The molecular formula is C13H16N2. The first-order chi connectivity index (χ1) is 7.42. The Balaban J connectivity index is 1.63. The van der Waals surface area contributed by atoms with Crippen LogP contribution in [-0.2, 0) is 12.8 Å². The lowest BCUT2D eigenvalue weighted by Crippen LogP contribution is -2.27. The van der Waals surface area contributed by atoms with E-state index in [1.54, 1.807) is 11.1 Å². The number of rotatable bonds is 2. The second-order valence-electron chi connectivity index (χ2n) is 4.64. The molecule has 1 heterocycles. The molecule has 1 aromatic rings. The minimum atomic E-state index is 0.587. The molecule has 0 radical (unpaired) electrons. The van der Waals surface area contributed by atoms with Crippen molar-refractivity contribution >= 4 is 6.34 Å². The van der Waals surface area contributed by atoms with Gasteiger partial charge < -0.3 is 5.32 Å². The van der Waals surface area contributed by atoms with Crippen molar-refractivity contribution in [1.29, 1.82) is 0 Å². The van der Waals surface area contributed by atoms with Gasteiger partial charge in [-0.05, 0) is 36.3 Å². The molecule has 1 atom stereocenters. The first-order valence-electron chi connectivity index (χ1n) is 5.73. The fraction of sp³-hybridized carbons (Fsp3) is 0.462. The topological polar surface area (TPSA) is 24.4 Å². The predicted molar refractivity (Wildman–Crippen MR) is 62.2 cm³/mol. The van der Waals surface area contributed by atoms with Gasteiger partial charge in [0.25, 0.3) is 0 Å². The molecule has 2 heteroatoms. The molecule has 1 N–H and O–H groups in total. The maximum absolute atomic E-state index is 4.22. The van der Waals surface area contributed by atoms with E-state index in [4.69, 9.17) is 0 Å². The van der Waals surface area contributed by atoms with Crippen LogP contribution in [-0.4, -0.2) is 18.9 Å². The maximum Gasteiger partial charge on any atom is 0.0827 e. The average molecular weight is 200 g/mol. The largest absolute Gasteiger partial charge is 0.372 e. The van der Waals surface area contributed by atoms with Crippen molar-refractivity contribution in [3.05, 3.63) is 35.4 Å². The van der Waals surface area contributed by atoms with Crippen LogP contribution in [0.2, 0.25) is 0 Å². The second kappa shape index (κ2) is 3.69. The molecule has 0 amide bonds.